The molecule has 0 amide bonds. The number of nitrogens with one attached hydrogen (secondary N) is 1. The van der Waals surface area contributed by atoms with Crippen LogP contribution in [0.1, 0.15) is 31.7 Å². The molecule has 3 rings (SSSR count). The van der Waals surface area contributed by atoms with E-state index in [1.807, 2.05) is 6.07 Å². The lowest BCUT2D eigenvalue weighted by Crippen LogP contribution is -2.25. The number of benzene rings is 2. The Kier molecular flexibility index (Phi) is 3.66. The van der Waals surface area contributed by atoms with Crippen LogP contribution in [0.3, 0.4) is 0 Å². The Hall–Kier alpha value is -1.54. The first-order chi connectivity index (χ1) is 9.67. The molecule has 1 saturated carbocycles. The van der Waals surface area contributed by atoms with Crippen molar-refractivity contribution in [3.05, 3.63) is 42.0 Å². The number of rotatable bonds is 5. The quantitative estimate of drug-likeness (QED) is 0.887. The fraction of sp³-hybridized carbons (Fsp3) is 0.444. The zero-order valence-corrected chi connectivity index (χ0v) is 12.5. The fourth-order valence-corrected chi connectivity index (χ4v) is 2.87. The maximum Gasteiger partial charge on any atom is 0.119 e. The Morgan fingerprint density at radius 1 is 1.15 bits per heavy atom. The molecule has 0 aromatic heterocycles. The average Bonchev–Trinajstić information content (AvgIpc) is 3.23. The molecule has 2 heteroatoms. The summed E-state index contributed by atoms with van der Waals surface area (Å²) in [7, 11) is 1.71. The predicted octanol–water partition coefficient (Wildman–Crippen LogP) is 3.95. The monoisotopic (exact) mass is 269 g/mol. The molecular weight excluding hydrogens is 246 g/mol. The van der Waals surface area contributed by atoms with Gasteiger partial charge in [-0.25, -0.2) is 0 Å². The molecule has 2 atom stereocenters. The van der Waals surface area contributed by atoms with Gasteiger partial charge in [0.25, 0.3) is 0 Å². The SMILES string of the molecule is COc1ccc2cc(C3CC3CNC(C)C)ccc2c1. The van der Waals surface area contributed by atoms with E-state index in [0.29, 0.717) is 6.04 Å². The highest BCUT2D eigenvalue weighted by Gasteiger charge is 2.37. The second-order valence-electron chi connectivity index (χ2n) is 6.14. The molecule has 0 saturated heterocycles. The molecule has 1 N–H and O–H groups in total. The van der Waals surface area contributed by atoms with E-state index < -0.39 is 0 Å². The largest absolute Gasteiger partial charge is 0.497 e. The van der Waals surface area contributed by atoms with Gasteiger partial charge in [-0.15, -0.1) is 0 Å². The zero-order chi connectivity index (χ0) is 14.1. The van der Waals surface area contributed by atoms with E-state index in [4.69, 9.17) is 4.74 Å². The minimum absolute atomic E-state index is 0.584. The number of hydrogen-bond donors (Lipinski definition) is 1. The van der Waals surface area contributed by atoms with Crippen molar-refractivity contribution < 1.29 is 4.74 Å². The van der Waals surface area contributed by atoms with Crippen molar-refractivity contribution in [1.82, 2.24) is 5.32 Å². The lowest BCUT2D eigenvalue weighted by molar-refractivity contribution is 0.415. The molecule has 0 radical (unpaired) electrons. The van der Waals surface area contributed by atoms with Gasteiger partial charge in [0.2, 0.25) is 0 Å². The zero-order valence-electron chi connectivity index (χ0n) is 12.5. The normalized spacial score (nSPS) is 21.4. The minimum Gasteiger partial charge on any atom is -0.497 e. The first-order valence-electron chi connectivity index (χ1n) is 7.48. The second-order valence-corrected chi connectivity index (χ2v) is 6.14. The standard InChI is InChI=1S/C18H23NO/c1-12(2)19-11-16-10-18(16)15-5-4-14-9-17(20-3)7-6-13(14)8-15/h4-9,12,16,18-19H,10-11H2,1-3H3. The van der Waals surface area contributed by atoms with Crippen LogP contribution in [0.5, 0.6) is 5.75 Å². The lowest BCUT2D eigenvalue weighted by Gasteiger charge is -2.08. The van der Waals surface area contributed by atoms with Crippen molar-refractivity contribution in [1.29, 1.82) is 0 Å². The summed E-state index contributed by atoms with van der Waals surface area (Å²) < 4.78 is 5.28. The summed E-state index contributed by atoms with van der Waals surface area (Å²) in [5.74, 6) is 2.48. The maximum atomic E-state index is 5.28. The van der Waals surface area contributed by atoms with Crippen molar-refractivity contribution >= 4 is 10.8 Å². The molecular formula is C18H23NO. The van der Waals surface area contributed by atoms with Gasteiger partial charge in [-0.05, 0) is 53.3 Å². The van der Waals surface area contributed by atoms with E-state index >= 15 is 0 Å². The van der Waals surface area contributed by atoms with Crippen LogP contribution in [0.4, 0.5) is 0 Å². The molecule has 2 aromatic rings. The molecule has 1 aliphatic rings. The smallest absolute Gasteiger partial charge is 0.119 e. The highest BCUT2D eigenvalue weighted by Crippen LogP contribution is 2.47. The van der Waals surface area contributed by atoms with E-state index in [1.165, 1.54) is 22.8 Å². The van der Waals surface area contributed by atoms with Crippen molar-refractivity contribution in [2.75, 3.05) is 13.7 Å². The molecule has 0 heterocycles. The third-order valence-corrected chi connectivity index (χ3v) is 4.21. The summed E-state index contributed by atoms with van der Waals surface area (Å²) >= 11 is 0. The lowest BCUT2D eigenvalue weighted by atomic mass is 10.0. The van der Waals surface area contributed by atoms with Gasteiger partial charge in [-0.1, -0.05) is 38.1 Å². The van der Waals surface area contributed by atoms with Crippen LogP contribution < -0.4 is 10.1 Å². The van der Waals surface area contributed by atoms with Crippen LogP contribution in [0.25, 0.3) is 10.8 Å². The van der Waals surface area contributed by atoms with E-state index in [9.17, 15) is 0 Å². The Balaban J connectivity index is 1.74. The molecule has 1 fully saturated rings. The highest BCUT2D eigenvalue weighted by molar-refractivity contribution is 5.84. The maximum absolute atomic E-state index is 5.28. The van der Waals surface area contributed by atoms with Crippen molar-refractivity contribution in [3.63, 3.8) is 0 Å². The highest BCUT2D eigenvalue weighted by atomic mass is 16.5. The average molecular weight is 269 g/mol. The second kappa shape index (κ2) is 5.45. The van der Waals surface area contributed by atoms with Gasteiger partial charge in [-0.3, -0.25) is 0 Å². The minimum atomic E-state index is 0.584. The van der Waals surface area contributed by atoms with Crippen molar-refractivity contribution in [3.8, 4) is 5.75 Å². The van der Waals surface area contributed by atoms with Crippen LogP contribution in [0, 0.1) is 5.92 Å². The summed E-state index contributed by atoms with van der Waals surface area (Å²) in [5, 5.41) is 6.11. The third kappa shape index (κ3) is 2.80. The van der Waals surface area contributed by atoms with Gasteiger partial charge >= 0.3 is 0 Å². The third-order valence-electron chi connectivity index (χ3n) is 4.21. The predicted molar refractivity (Wildman–Crippen MR) is 84.5 cm³/mol. The molecule has 2 nitrogen and oxygen atoms in total. The molecule has 2 aromatic carbocycles. The summed E-state index contributed by atoms with van der Waals surface area (Å²) in [5.41, 5.74) is 1.48. The van der Waals surface area contributed by atoms with Gasteiger partial charge < -0.3 is 10.1 Å². The number of hydrogen-bond acceptors (Lipinski definition) is 2. The topological polar surface area (TPSA) is 21.3 Å². The Bertz CT molecular complexity index is 605. The van der Waals surface area contributed by atoms with Crippen LogP contribution in [-0.2, 0) is 0 Å². The molecule has 106 valence electrons. The molecule has 1 aliphatic carbocycles. The molecule has 2 unspecified atom stereocenters. The van der Waals surface area contributed by atoms with Crippen molar-refractivity contribution in [2.45, 2.75) is 32.2 Å². The summed E-state index contributed by atoms with van der Waals surface area (Å²) in [6, 6.07) is 13.7. The first-order valence-corrected chi connectivity index (χ1v) is 7.48. The Morgan fingerprint density at radius 2 is 1.90 bits per heavy atom. The van der Waals surface area contributed by atoms with Crippen molar-refractivity contribution in [2.24, 2.45) is 5.92 Å². The number of fused-ring (bicyclic) bond motifs is 1. The van der Waals surface area contributed by atoms with Gasteiger partial charge in [0.05, 0.1) is 7.11 Å². The summed E-state index contributed by atoms with van der Waals surface area (Å²) in [6.07, 6.45) is 1.32. The number of ether oxygens (including phenoxy) is 1. The van der Waals surface area contributed by atoms with Crippen LogP contribution in [0.15, 0.2) is 36.4 Å². The van der Waals surface area contributed by atoms with E-state index in [0.717, 1.165) is 24.1 Å². The first kappa shape index (κ1) is 13.4. The molecule has 0 bridgehead atoms. The van der Waals surface area contributed by atoms with E-state index in [2.05, 4.69) is 49.5 Å². The number of methoxy groups -OCH3 is 1. The summed E-state index contributed by atoms with van der Waals surface area (Å²) in [6.45, 7) is 5.56. The van der Waals surface area contributed by atoms with Crippen LogP contribution in [0.2, 0.25) is 0 Å². The van der Waals surface area contributed by atoms with E-state index in [-0.39, 0.29) is 0 Å². The Labute approximate surface area is 121 Å². The molecule has 20 heavy (non-hydrogen) atoms. The van der Waals surface area contributed by atoms with Gasteiger partial charge in [0, 0.05) is 6.04 Å². The Morgan fingerprint density at radius 3 is 2.65 bits per heavy atom. The van der Waals surface area contributed by atoms with Crippen LogP contribution >= 0.6 is 0 Å². The van der Waals surface area contributed by atoms with Gasteiger partial charge in [-0.2, -0.15) is 0 Å². The van der Waals surface area contributed by atoms with Crippen LogP contribution in [-0.4, -0.2) is 19.7 Å². The van der Waals surface area contributed by atoms with Gasteiger partial charge in [0.15, 0.2) is 0 Å². The fourth-order valence-electron chi connectivity index (χ4n) is 2.87. The summed E-state index contributed by atoms with van der Waals surface area (Å²) in [4.78, 5) is 0. The molecule has 0 spiro atoms. The van der Waals surface area contributed by atoms with Gasteiger partial charge in [0.1, 0.15) is 5.75 Å². The molecule has 0 aliphatic heterocycles. The van der Waals surface area contributed by atoms with E-state index in [1.54, 1.807) is 7.11 Å².